The van der Waals surface area contributed by atoms with Crippen LogP contribution in [-0.2, 0) is 10.2 Å². The molecule has 0 fully saturated rings. The minimum absolute atomic E-state index is 0.155. The summed E-state index contributed by atoms with van der Waals surface area (Å²) in [6, 6.07) is 1.67. The number of nitrogens with one attached hydrogen (secondary N) is 1. The van der Waals surface area contributed by atoms with E-state index in [1.165, 1.54) is 4.68 Å². The highest BCUT2D eigenvalue weighted by atomic mass is 32.2. The second-order valence-corrected chi connectivity index (χ2v) is 6.93. The van der Waals surface area contributed by atoms with Gasteiger partial charge < -0.3 is 11.2 Å². The lowest BCUT2D eigenvalue weighted by Crippen LogP contribution is -2.24. The first-order valence-corrected chi connectivity index (χ1v) is 7.87. The van der Waals surface area contributed by atoms with E-state index in [0.717, 1.165) is 23.9 Å². The summed E-state index contributed by atoms with van der Waals surface area (Å²) in [7, 11) is 0. The lowest BCUT2D eigenvalue weighted by Gasteiger charge is -2.16. The molecule has 1 heterocycles. The number of hydrogen-bond acceptors (Lipinski definition) is 5. The minimum atomic E-state index is -1.64. The summed E-state index contributed by atoms with van der Waals surface area (Å²) in [5.74, 6) is 1.22. The molecule has 6 nitrogen and oxygen atoms in total. The highest BCUT2D eigenvalue weighted by Gasteiger charge is 2.23. The monoisotopic (exact) mass is 359 g/mol. The van der Waals surface area contributed by atoms with Gasteiger partial charge in [-0.25, -0.2) is 17.8 Å². The largest absolute Gasteiger partial charge is 0.336 e. The van der Waals surface area contributed by atoms with Gasteiger partial charge in [0.2, 0.25) is 11.1 Å². The molecule has 0 aliphatic heterocycles. The summed E-state index contributed by atoms with van der Waals surface area (Å²) in [6.45, 7) is 5.73. The SMILES string of the molecule is CC(C)(C)c1nnc(SCC(=O)Nc2ccc(F)c(F)c2F)n1N. The molecule has 2 rings (SSSR count). The molecule has 130 valence electrons. The lowest BCUT2D eigenvalue weighted by atomic mass is 9.96. The molecule has 1 aromatic heterocycles. The number of thioether (sulfide) groups is 1. The number of rotatable bonds is 4. The summed E-state index contributed by atoms with van der Waals surface area (Å²) >= 11 is 0.987. The van der Waals surface area contributed by atoms with Crippen LogP contribution >= 0.6 is 11.8 Å². The van der Waals surface area contributed by atoms with E-state index in [0.29, 0.717) is 11.0 Å². The Kier molecular flexibility index (Phi) is 5.07. The maximum Gasteiger partial charge on any atom is 0.234 e. The molecule has 0 atom stereocenters. The molecular weight excluding hydrogens is 343 g/mol. The van der Waals surface area contributed by atoms with Crippen LogP contribution in [-0.4, -0.2) is 26.5 Å². The van der Waals surface area contributed by atoms with E-state index in [-0.39, 0.29) is 11.2 Å². The average molecular weight is 359 g/mol. The van der Waals surface area contributed by atoms with Gasteiger partial charge in [0.15, 0.2) is 23.3 Å². The van der Waals surface area contributed by atoms with Gasteiger partial charge >= 0.3 is 0 Å². The van der Waals surface area contributed by atoms with Gasteiger partial charge in [-0.15, -0.1) is 10.2 Å². The second kappa shape index (κ2) is 6.71. The smallest absolute Gasteiger partial charge is 0.234 e. The van der Waals surface area contributed by atoms with E-state index in [1.807, 2.05) is 20.8 Å². The molecular formula is C14H16F3N5OS. The van der Waals surface area contributed by atoms with Crippen molar-refractivity contribution >= 4 is 23.4 Å². The molecule has 10 heteroatoms. The van der Waals surface area contributed by atoms with Crippen molar-refractivity contribution in [2.24, 2.45) is 0 Å². The van der Waals surface area contributed by atoms with Crippen molar-refractivity contribution in [1.82, 2.24) is 14.9 Å². The Morgan fingerprint density at radius 1 is 1.25 bits per heavy atom. The first kappa shape index (κ1) is 18.1. The molecule has 0 saturated carbocycles. The van der Waals surface area contributed by atoms with Crippen molar-refractivity contribution in [3.63, 3.8) is 0 Å². The van der Waals surface area contributed by atoms with Crippen molar-refractivity contribution in [3.05, 3.63) is 35.4 Å². The number of benzene rings is 1. The van der Waals surface area contributed by atoms with Crippen molar-refractivity contribution in [3.8, 4) is 0 Å². The van der Waals surface area contributed by atoms with E-state index < -0.39 is 29.0 Å². The summed E-state index contributed by atoms with van der Waals surface area (Å²) in [5, 5.41) is 10.3. The third-order valence-corrected chi connectivity index (χ3v) is 3.92. The Balaban J connectivity index is 2.02. The molecule has 0 radical (unpaired) electrons. The van der Waals surface area contributed by atoms with Crippen LogP contribution in [0.2, 0.25) is 0 Å². The highest BCUT2D eigenvalue weighted by molar-refractivity contribution is 7.99. The third-order valence-electron chi connectivity index (χ3n) is 2.98. The van der Waals surface area contributed by atoms with Gasteiger partial charge in [0.1, 0.15) is 0 Å². The van der Waals surface area contributed by atoms with Crippen LogP contribution in [0.15, 0.2) is 17.3 Å². The first-order valence-electron chi connectivity index (χ1n) is 6.88. The minimum Gasteiger partial charge on any atom is -0.336 e. The average Bonchev–Trinajstić information content (AvgIpc) is 2.87. The van der Waals surface area contributed by atoms with Gasteiger partial charge in [0.05, 0.1) is 11.4 Å². The molecule has 1 aromatic carbocycles. The van der Waals surface area contributed by atoms with Crippen LogP contribution in [0.4, 0.5) is 18.9 Å². The molecule has 0 bridgehead atoms. The van der Waals surface area contributed by atoms with Crippen LogP contribution in [0.5, 0.6) is 0 Å². The third kappa shape index (κ3) is 3.81. The van der Waals surface area contributed by atoms with Crippen LogP contribution in [0.1, 0.15) is 26.6 Å². The standard InChI is InChI=1S/C14H16F3N5OS/c1-14(2,3)12-20-21-13(22(12)18)24-6-9(23)19-8-5-4-7(15)10(16)11(8)17/h4-5H,6,18H2,1-3H3,(H,19,23). The van der Waals surface area contributed by atoms with E-state index >= 15 is 0 Å². The summed E-state index contributed by atoms with van der Waals surface area (Å²) in [6.07, 6.45) is 0. The number of nitrogen functional groups attached to an aromatic ring is 1. The molecule has 0 unspecified atom stereocenters. The zero-order valence-corrected chi connectivity index (χ0v) is 14.0. The van der Waals surface area contributed by atoms with Crippen molar-refractivity contribution < 1.29 is 18.0 Å². The fourth-order valence-corrected chi connectivity index (χ4v) is 2.48. The fourth-order valence-electron chi connectivity index (χ4n) is 1.83. The van der Waals surface area contributed by atoms with E-state index in [1.54, 1.807) is 0 Å². The normalized spacial score (nSPS) is 11.6. The van der Waals surface area contributed by atoms with Gasteiger partial charge in [0, 0.05) is 5.41 Å². The Morgan fingerprint density at radius 2 is 1.92 bits per heavy atom. The Morgan fingerprint density at radius 3 is 2.50 bits per heavy atom. The van der Waals surface area contributed by atoms with Gasteiger partial charge in [-0.3, -0.25) is 4.79 Å². The maximum absolute atomic E-state index is 13.5. The zero-order chi connectivity index (χ0) is 18.1. The topological polar surface area (TPSA) is 85.8 Å². The molecule has 2 aromatic rings. The molecule has 24 heavy (non-hydrogen) atoms. The van der Waals surface area contributed by atoms with Gasteiger partial charge in [-0.2, -0.15) is 0 Å². The summed E-state index contributed by atoms with van der Waals surface area (Å²) in [4.78, 5) is 11.8. The van der Waals surface area contributed by atoms with Crippen molar-refractivity contribution in [2.75, 3.05) is 16.9 Å². The Hall–Kier alpha value is -2.23. The van der Waals surface area contributed by atoms with Crippen LogP contribution in [0, 0.1) is 17.5 Å². The molecule has 3 N–H and O–H groups in total. The Labute approximate surface area is 140 Å². The Bertz CT molecular complexity index is 773. The molecule has 0 aliphatic rings. The van der Waals surface area contributed by atoms with E-state index in [9.17, 15) is 18.0 Å². The number of anilines is 1. The number of amides is 1. The number of carbonyl (C=O) groups excluding carboxylic acids is 1. The predicted octanol–water partition coefficient (Wildman–Crippen LogP) is 2.44. The number of hydrogen-bond donors (Lipinski definition) is 2. The molecule has 1 amide bonds. The van der Waals surface area contributed by atoms with E-state index in [4.69, 9.17) is 5.84 Å². The number of nitrogens with zero attached hydrogens (tertiary/aromatic N) is 3. The fraction of sp³-hybridized carbons (Fsp3) is 0.357. The van der Waals surface area contributed by atoms with Gasteiger partial charge in [-0.05, 0) is 12.1 Å². The first-order chi connectivity index (χ1) is 11.1. The molecule has 0 saturated heterocycles. The maximum atomic E-state index is 13.5. The second-order valence-electron chi connectivity index (χ2n) is 5.99. The van der Waals surface area contributed by atoms with Crippen molar-refractivity contribution in [1.29, 1.82) is 0 Å². The molecule has 0 aliphatic carbocycles. The molecule has 0 spiro atoms. The van der Waals surface area contributed by atoms with Crippen LogP contribution < -0.4 is 11.2 Å². The van der Waals surface area contributed by atoms with Crippen molar-refractivity contribution in [2.45, 2.75) is 31.3 Å². The number of carbonyl (C=O) groups is 1. The van der Waals surface area contributed by atoms with Gasteiger partial charge in [0.25, 0.3) is 0 Å². The number of aromatic nitrogens is 3. The van der Waals surface area contributed by atoms with Crippen LogP contribution in [0.3, 0.4) is 0 Å². The summed E-state index contributed by atoms with van der Waals surface area (Å²) < 4.78 is 40.7. The summed E-state index contributed by atoms with van der Waals surface area (Å²) in [5.41, 5.74) is -0.762. The highest BCUT2D eigenvalue weighted by Crippen LogP contribution is 2.24. The zero-order valence-electron chi connectivity index (χ0n) is 13.2. The lowest BCUT2D eigenvalue weighted by molar-refractivity contribution is -0.113. The number of halogens is 3. The predicted molar refractivity (Wildman–Crippen MR) is 84.5 cm³/mol. The van der Waals surface area contributed by atoms with E-state index in [2.05, 4.69) is 15.5 Å². The van der Waals surface area contributed by atoms with Crippen LogP contribution in [0.25, 0.3) is 0 Å². The van der Waals surface area contributed by atoms with Gasteiger partial charge in [-0.1, -0.05) is 32.5 Å². The quantitative estimate of drug-likeness (QED) is 0.497. The number of nitrogens with two attached hydrogens (primary N) is 1.